The van der Waals surface area contributed by atoms with Gasteiger partial charge in [-0.2, -0.15) is 4.31 Å². The zero-order chi connectivity index (χ0) is 16.4. The maximum absolute atomic E-state index is 12.6. The van der Waals surface area contributed by atoms with Crippen molar-refractivity contribution in [2.75, 3.05) is 13.1 Å². The van der Waals surface area contributed by atoms with Gasteiger partial charge in [0, 0.05) is 18.9 Å². The van der Waals surface area contributed by atoms with Crippen molar-refractivity contribution in [2.45, 2.75) is 23.2 Å². The van der Waals surface area contributed by atoms with E-state index in [0.29, 0.717) is 10.9 Å². The molecule has 6 nitrogen and oxygen atoms in total. The Bertz CT molecular complexity index is 782. The summed E-state index contributed by atoms with van der Waals surface area (Å²) in [4.78, 5) is 8.12. The number of halogens is 2. The van der Waals surface area contributed by atoms with Gasteiger partial charge in [-0.3, -0.25) is 0 Å². The van der Waals surface area contributed by atoms with Crippen LogP contribution in [0.5, 0.6) is 6.01 Å². The highest BCUT2D eigenvalue weighted by Gasteiger charge is 2.32. The first-order valence-electron chi connectivity index (χ1n) is 6.85. The highest BCUT2D eigenvalue weighted by molar-refractivity contribution is 9.10. The highest BCUT2D eigenvalue weighted by atomic mass is 79.9. The second kappa shape index (κ2) is 7.02. The Hall–Kier alpha value is -0.740. The van der Waals surface area contributed by atoms with E-state index in [1.807, 2.05) is 0 Å². The SMILES string of the molecule is O=S(=O)(c1ccc(Cl)s1)N1CCCC(Oc2ncc(Br)cn2)C1. The molecule has 23 heavy (non-hydrogen) atoms. The quantitative estimate of drug-likeness (QED) is 0.733. The molecule has 3 heterocycles. The fraction of sp³-hybridized carbons (Fsp3) is 0.385. The number of hydrogen-bond donors (Lipinski definition) is 0. The molecule has 1 fully saturated rings. The van der Waals surface area contributed by atoms with Gasteiger partial charge < -0.3 is 4.74 Å². The minimum Gasteiger partial charge on any atom is -0.459 e. The van der Waals surface area contributed by atoms with Gasteiger partial charge in [0.2, 0.25) is 0 Å². The Balaban J connectivity index is 1.71. The molecule has 1 aliphatic heterocycles. The van der Waals surface area contributed by atoms with Gasteiger partial charge in [-0.05, 0) is 40.9 Å². The number of ether oxygens (including phenoxy) is 1. The molecule has 1 atom stereocenters. The summed E-state index contributed by atoms with van der Waals surface area (Å²) < 4.78 is 33.9. The van der Waals surface area contributed by atoms with Gasteiger partial charge in [-0.25, -0.2) is 18.4 Å². The molecule has 0 saturated carbocycles. The predicted octanol–water partition coefficient (Wildman–Crippen LogP) is 3.19. The summed E-state index contributed by atoms with van der Waals surface area (Å²) in [5.74, 6) is 0. The molecule has 2 aromatic heterocycles. The second-order valence-corrected chi connectivity index (χ2v) is 9.78. The summed E-state index contributed by atoms with van der Waals surface area (Å²) in [7, 11) is -3.53. The zero-order valence-corrected chi connectivity index (χ0v) is 15.8. The largest absolute Gasteiger partial charge is 0.459 e. The minimum atomic E-state index is -3.53. The summed E-state index contributed by atoms with van der Waals surface area (Å²) in [5, 5.41) is 0. The van der Waals surface area contributed by atoms with Crippen LogP contribution in [0.2, 0.25) is 4.34 Å². The van der Waals surface area contributed by atoms with Gasteiger partial charge in [-0.15, -0.1) is 11.3 Å². The second-order valence-electron chi connectivity index (χ2n) is 4.99. The van der Waals surface area contributed by atoms with Crippen LogP contribution in [0.25, 0.3) is 0 Å². The third-order valence-electron chi connectivity index (χ3n) is 3.35. The number of aromatic nitrogens is 2. The first kappa shape index (κ1) is 17.1. The lowest BCUT2D eigenvalue weighted by molar-refractivity contribution is 0.119. The lowest BCUT2D eigenvalue weighted by Crippen LogP contribution is -2.44. The Morgan fingerprint density at radius 2 is 2.09 bits per heavy atom. The lowest BCUT2D eigenvalue weighted by atomic mass is 10.1. The molecule has 0 aromatic carbocycles. The first-order chi connectivity index (χ1) is 10.9. The van der Waals surface area contributed by atoms with E-state index in [2.05, 4.69) is 25.9 Å². The number of nitrogens with zero attached hydrogens (tertiary/aromatic N) is 3. The van der Waals surface area contributed by atoms with Crippen LogP contribution in [0.15, 0.2) is 33.2 Å². The first-order valence-corrected chi connectivity index (χ1v) is 10.3. The number of sulfonamides is 1. The molecule has 1 saturated heterocycles. The van der Waals surface area contributed by atoms with Crippen LogP contribution in [0.4, 0.5) is 0 Å². The fourth-order valence-corrected chi connectivity index (χ4v) is 5.65. The number of piperidine rings is 1. The van der Waals surface area contributed by atoms with Gasteiger partial charge in [0.05, 0.1) is 15.4 Å². The van der Waals surface area contributed by atoms with Crippen molar-refractivity contribution in [1.82, 2.24) is 14.3 Å². The van der Waals surface area contributed by atoms with Gasteiger partial charge in [0.15, 0.2) is 0 Å². The molecule has 124 valence electrons. The van der Waals surface area contributed by atoms with Crippen molar-refractivity contribution in [2.24, 2.45) is 0 Å². The van der Waals surface area contributed by atoms with Crippen molar-refractivity contribution in [1.29, 1.82) is 0 Å². The zero-order valence-electron chi connectivity index (χ0n) is 11.9. The molecular weight excluding hydrogens is 426 g/mol. The van der Waals surface area contributed by atoms with Crippen LogP contribution in [-0.2, 0) is 10.0 Å². The Morgan fingerprint density at radius 1 is 1.35 bits per heavy atom. The van der Waals surface area contributed by atoms with Crippen LogP contribution in [-0.4, -0.2) is 41.9 Å². The summed E-state index contributed by atoms with van der Waals surface area (Å²) >= 11 is 10.2. The third-order valence-corrected chi connectivity index (χ3v) is 7.33. The Kier molecular flexibility index (Phi) is 5.22. The van der Waals surface area contributed by atoms with Crippen molar-refractivity contribution < 1.29 is 13.2 Å². The van der Waals surface area contributed by atoms with Crippen LogP contribution < -0.4 is 4.74 Å². The molecule has 2 aromatic rings. The van der Waals surface area contributed by atoms with E-state index in [1.54, 1.807) is 18.5 Å². The van der Waals surface area contributed by atoms with E-state index in [0.717, 1.165) is 28.7 Å². The molecule has 0 aliphatic carbocycles. The van der Waals surface area contributed by atoms with Gasteiger partial charge in [0.1, 0.15) is 10.3 Å². The fourth-order valence-electron chi connectivity index (χ4n) is 2.29. The smallest absolute Gasteiger partial charge is 0.316 e. The normalized spacial score (nSPS) is 19.7. The molecule has 1 aliphatic rings. The standard InChI is InChI=1S/C13H13BrClN3O3S2/c14-9-6-16-13(17-7-9)21-10-2-1-5-18(8-10)23(19,20)12-4-3-11(15)22-12/h3-4,6-7,10H,1-2,5,8H2. The van der Waals surface area contributed by atoms with Crippen LogP contribution in [0.3, 0.4) is 0 Å². The molecule has 0 spiro atoms. The summed E-state index contributed by atoms with van der Waals surface area (Å²) in [5.41, 5.74) is 0. The van der Waals surface area contributed by atoms with Crippen LogP contribution >= 0.6 is 38.9 Å². The van der Waals surface area contributed by atoms with Crippen molar-refractivity contribution >= 4 is 48.9 Å². The summed E-state index contributed by atoms with van der Waals surface area (Å²) in [6.45, 7) is 0.746. The summed E-state index contributed by atoms with van der Waals surface area (Å²) in [6.07, 6.45) is 4.40. The minimum absolute atomic E-state index is 0.247. The van der Waals surface area contributed by atoms with E-state index in [1.165, 1.54) is 10.4 Å². The number of rotatable bonds is 4. The van der Waals surface area contributed by atoms with E-state index in [9.17, 15) is 8.42 Å². The van der Waals surface area contributed by atoms with Gasteiger partial charge >= 0.3 is 6.01 Å². The summed E-state index contributed by atoms with van der Waals surface area (Å²) in [6, 6.07) is 3.37. The maximum atomic E-state index is 12.6. The molecule has 3 rings (SSSR count). The van der Waals surface area contributed by atoms with E-state index in [-0.39, 0.29) is 22.9 Å². The predicted molar refractivity (Wildman–Crippen MR) is 91.5 cm³/mol. The van der Waals surface area contributed by atoms with E-state index in [4.69, 9.17) is 16.3 Å². The van der Waals surface area contributed by atoms with Gasteiger partial charge in [-0.1, -0.05) is 11.6 Å². The maximum Gasteiger partial charge on any atom is 0.316 e. The van der Waals surface area contributed by atoms with Crippen molar-refractivity contribution in [3.63, 3.8) is 0 Å². The van der Waals surface area contributed by atoms with Crippen LogP contribution in [0, 0.1) is 0 Å². The van der Waals surface area contributed by atoms with E-state index >= 15 is 0 Å². The molecule has 0 N–H and O–H groups in total. The highest BCUT2D eigenvalue weighted by Crippen LogP contribution is 2.30. The molecule has 1 unspecified atom stereocenters. The molecule has 0 bridgehead atoms. The molecule has 0 amide bonds. The number of thiophene rings is 1. The van der Waals surface area contributed by atoms with Crippen molar-refractivity contribution in [3.8, 4) is 6.01 Å². The van der Waals surface area contributed by atoms with Crippen molar-refractivity contribution in [3.05, 3.63) is 33.3 Å². The average Bonchev–Trinajstić information content (AvgIpc) is 2.97. The van der Waals surface area contributed by atoms with Crippen LogP contribution in [0.1, 0.15) is 12.8 Å². The Morgan fingerprint density at radius 3 is 2.74 bits per heavy atom. The molecule has 0 radical (unpaired) electrons. The lowest BCUT2D eigenvalue weighted by Gasteiger charge is -2.31. The molecule has 10 heteroatoms. The topological polar surface area (TPSA) is 72.4 Å². The molecular formula is C13H13BrClN3O3S2. The monoisotopic (exact) mass is 437 g/mol. The van der Waals surface area contributed by atoms with E-state index < -0.39 is 10.0 Å². The number of hydrogen-bond acceptors (Lipinski definition) is 6. The average molecular weight is 439 g/mol. The van der Waals surface area contributed by atoms with Gasteiger partial charge in [0.25, 0.3) is 10.0 Å². The third kappa shape index (κ3) is 4.03. The Labute approximate surface area is 151 Å².